The summed E-state index contributed by atoms with van der Waals surface area (Å²) in [4.78, 5) is 20.4. The fourth-order valence-electron chi connectivity index (χ4n) is 2.71. The van der Waals surface area contributed by atoms with Gasteiger partial charge >= 0.3 is 0 Å². The predicted octanol–water partition coefficient (Wildman–Crippen LogP) is 4.70. The van der Waals surface area contributed by atoms with Crippen LogP contribution in [0.1, 0.15) is 32.2 Å². The number of nitrogens with one attached hydrogen (secondary N) is 2. The lowest BCUT2D eigenvalue weighted by Crippen LogP contribution is -2.15. The second kappa shape index (κ2) is 7.00. The van der Waals surface area contributed by atoms with E-state index in [1.54, 1.807) is 25.3 Å². The molecule has 0 radical (unpaired) electrons. The van der Waals surface area contributed by atoms with Crippen molar-refractivity contribution in [3.8, 4) is 5.75 Å². The molecule has 1 heterocycles. The van der Waals surface area contributed by atoms with Gasteiger partial charge in [-0.2, -0.15) is 0 Å². The zero-order valence-corrected chi connectivity index (χ0v) is 16.1. The van der Waals surface area contributed by atoms with E-state index in [1.165, 1.54) is 0 Å². The third kappa shape index (κ3) is 3.99. The number of ether oxygens (including phenoxy) is 1. The second-order valence-corrected chi connectivity index (χ2v) is 7.68. The second-order valence-electron chi connectivity index (χ2n) is 7.25. The van der Waals surface area contributed by atoms with Gasteiger partial charge in [-0.05, 0) is 36.4 Å². The Bertz CT molecular complexity index is 957. The number of amides is 1. The minimum Gasteiger partial charge on any atom is -0.496 e. The molecule has 0 atom stereocenters. The zero-order chi connectivity index (χ0) is 18.9. The molecule has 136 valence electrons. The number of aromatic nitrogens is 2. The molecule has 5 nitrogen and oxygen atoms in total. The first kappa shape index (κ1) is 18.3. The Balaban J connectivity index is 1.78. The molecule has 0 spiro atoms. The summed E-state index contributed by atoms with van der Waals surface area (Å²) in [6.45, 7) is 6.31. The van der Waals surface area contributed by atoms with E-state index in [0.29, 0.717) is 16.5 Å². The number of carbonyl (C=O) groups excluding carboxylic acids is 1. The van der Waals surface area contributed by atoms with Crippen molar-refractivity contribution < 1.29 is 9.53 Å². The first-order valence-electron chi connectivity index (χ1n) is 8.39. The molecular weight excluding hydrogens is 350 g/mol. The van der Waals surface area contributed by atoms with Crippen molar-refractivity contribution in [3.05, 3.63) is 52.8 Å². The topological polar surface area (TPSA) is 67.0 Å². The molecule has 0 aliphatic heterocycles. The van der Waals surface area contributed by atoms with Crippen LogP contribution in [0.25, 0.3) is 11.0 Å². The molecule has 0 aliphatic rings. The minimum atomic E-state index is -0.138. The van der Waals surface area contributed by atoms with Crippen LogP contribution < -0.4 is 10.1 Å². The summed E-state index contributed by atoms with van der Waals surface area (Å²) in [6.07, 6.45) is 0.179. The molecule has 1 amide bonds. The lowest BCUT2D eigenvalue weighted by atomic mass is 9.96. The van der Waals surface area contributed by atoms with Crippen LogP contribution in [-0.2, 0) is 16.6 Å². The third-order valence-electron chi connectivity index (χ3n) is 4.07. The van der Waals surface area contributed by atoms with E-state index in [9.17, 15) is 4.79 Å². The standard InChI is InChI=1S/C20H22ClN3O2/c1-20(2,3)19-23-15-7-6-14(11-16(15)24-19)22-18(25)10-12-9-13(21)5-8-17(12)26-4/h5-9,11H,10H2,1-4H3,(H,22,25)(H,23,24). The van der Waals surface area contributed by atoms with Crippen molar-refractivity contribution in [1.29, 1.82) is 0 Å². The molecule has 0 fully saturated rings. The largest absolute Gasteiger partial charge is 0.496 e. The number of aromatic amines is 1. The average molecular weight is 372 g/mol. The maximum Gasteiger partial charge on any atom is 0.228 e. The van der Waals surface area contributed by atoms with Gasteiger partial charge in [0.2, 0.25) is 5.91 Å². The Hall–Kier alpha value is -2.53. The van der Waals surface area contributed by atoms with E-state index < -0.39 is 0 Å². The van der Waals surface area contributed by atoms with E-state index in [4.69, 9.17) is 16.3 Å². The highest BCUT2D eigenvalue weighted by molar-refractivity contribution is 6.30. The quantitative estimate of drug-likeness (QED) is 0.698. The lowest BCUT2D eigenvalue weighted by Gasteiger charge is -2.13. The van der Waals surface area contributed by atoms with Crippen LogP contribution >= 0.6 is 11.6 Å². The molecule has 26 heavy (non-hydrogen) atoms. The number of benzene rings is 2. The molecule has 3 aromatic rings. The Morgan fingerprint density at radius 2 is 2.00 bits per heavy atom. The third-order valence-corrected chi connectivity index (χ3v) is 4.30. The molecule has 1 aromatic heterocycles. The molecule has 6 heteroatoms. The summed E-state index contributed by atoms with van der Waals surface area (Å²) >= 11 is 6.02. The maximum absolute atomic E-state index is 12.4. The van der Waals surface area contributed by atoms with Crippen LogP contribution in [0, 0.1) is 0 Å². The van der Waals surface area contributed by atoms with E-state index in [-0.39, 0.29) is 17.7 Å². The summed E-state index contributed by atoms with van der Waals surface area (Å²) in [7, 11) is 1.57. The number of hydrogen-bond donors (Lipinski definition) is 2. The van der Waals surface area contributed by atoms with Gasteiger partial charge in [0.25, 0.3) is 0 Å². The average Bonchev–Trinajstić information content (AvgIpc) is 2.98. The molecule has 0 bridgehead atoms. The fraction of sp³-hybridized carbons (Fsp3) is 0.300. The van der Waals surface area contributed by atoms with E-state index in [0.717, 1.165) is 22.4 Å². The molecule has 0 saturated carbocycles. The lowest BCUT2D eigenvalue weighted by molar-refractivity contribution is -0.115. The van der Waals surface area contributed by atoms with Gasteiger partial charge in [-0.3, -0.25) is 4.79 Å². The summed E-state index contributed by atoms with van der Waals surface area (Å²) in [5.74, 6) is 1.42. The van der Waals surface area contributed by atoms with Crippen molar-refractivity contribution in [2.24, 2.45) is 0 Å². The van der Waals surface area contributed by atoms with Crippen molar-refractivity contribution >= 4 is 34.2 Å². The first-order chi connectivity index (χ1) is 12.3. The Labute approximate surface area is 157 Å². The number of hydrogen-bond acceptors (Lipinski definition) is 3. The van der Waals surface area contributed by atoms with Crippen LogP contribution in [0.3, 0.4) is 0 Å². The molecular formula is C20H22ClN3O2. The van der Waals surface area contributed by atoms with Gasteiger partial charge in [0.15, 0.2) is 0 Å². The van der Waals surface area contributed by atoms with Crippen LogP contribution in [-0.4, -0.2) is 23.0 Å². The Morgan fingerprint density at radius 1 is 1.23 bits per heavy atom. The normalized spacial score (nSPS) is 11.6. The maximum atomic E-state index is 12.4. The number of carbonyl (C=O) groups is 1. The molecule has 0 saturated heterocycles. The summed E-state index contributed by atoms with van der Waals surface area (Å²) < 4.78 is 5.29. The summed E-state index contributed by atoms with van der Waals surface area (Å²) in [5.41, 5.74) is 3.17. The van der Waals surface area contributed by atoms with Crippen molar-refractivity contribution in [2.75, 3.05) is 12.4 Å². The monoisotopic (exact) mass is 371 g/mol. The van der Waals surface area contributed by atoms with Crippen molar-refractivity contribution in [2.45, 2.75) is 32.6 Å². The van der Waals surface area contributed by atoms with Gasteiger partial charge in [0.05, 0.1) is 24.6 Å². The number of methoxy groups -OCH3 is 1. The number of rotatable bonds is 4. The zero-order valence-electron chi connectivity index (χ0n) is 15.3. The Morgan fingerprint density at radius 3 is 2.69 bits per heavy atom. The van der Waals surface area contributed by atoms with Gasteiger partial charge < -0.3 is 15.0 Å². The number of halogens is 1. The van der Waals surface area contributed by atoms with E-state index in [2.05, 4.69) is 36.1 Å². The molecule has 2 aromatic carbocycles. The highest BCUT2D eigenvalue weighted by atomic mass is 35.5. The fourth-order valence-corrected chi connectivity index (χ4v) is 2.90. The molecule has 2 N–H and O–H groups in total. The van der Waals surface area contributed by atoms with Gasteiger partial charge in [-0.15, -0.1) is 0 Å². The number of nitrogens with zero attached hydrogens (tertiary/aromatic N) is 1. The Kier molecular flexibility index (Phi) is 4.92. The first-order valence-corrected chi connectivity index (χ1v) is 8.76. The van der Waals surface area contributed by atoms with Gasteiger partial charge in [0.1, 0.15) is 11.6 Å². The van der Waals surface area contributed by atoms with Gasteiger partial charge in [-0.25, -0.2) is 4.98 Å². The van der Waals surface area contributed by atoms with Crippen LogP contribution in [0.15, 0.2) is 36.4 Å². The smallest absolute Gasteiger partial charge is 0.228 e. The molecule has 3 rings (SSSR count). The summed E-state index contributed by atoms with van der Waals surface area (Å²) in [6, 6.07) is 10.9. The number of anilines is 1. The van der Waals surface area contributed by atoms with E-state index >= 15 is 0 Å². The van der Waals surface area contributed by atoms with Gasteiger partial charge in [-0.1, -0.05) is 32.4 Å². The van der Waals surface area contributed by atoms with Crippen LogP contribution in [0.5, 0.6) is 5.75 Å². The van der Waals surface area contributed by atoms with Crippen LogP contribution in [0.2, 0.25) is 5.02 Å². The van der Waals surface area contributed by atoms with Crippen molar-refractivity contribution in [1.82, 2.24) is 9.97 Å². The minimum absolute atomic E-state index is 0.0639. The van der Waals surface area contributed by atoms with Crippen LogP contribution in [0.4, 0.5) is 5.69 Å². The van der Waals surface area contributed by atoms with Crippen molar-refractivity contribution in [3.63, 3.8) is 0 Å². The van der Waals surface area contributed by atoms with Gasteiger partial charge in [0, 0.05) is 21.7 Å². The highest BCUT2D eigenvalue weighted by Gasteiger charge is 2.18. The number of fused-ring (bicyclic) bond motifs is 1. The summed E-state index contributed by atoms with van der Waals surface area (Å²) in [5, 5.41) is 3.49. The number of imidazole rings is 1. The molecule has 0 aliphatic carbocycles. The number of H-pyrrole nitrogens is 1. The molecule has 0 unspecified atom stereocenters. The highest BCUT2D eigenvalue weighted by Crippen LogP contribution is 2.25. The predicted molar refractivity (Wildman–Crippen MR) is 105 cm³/mol. The van der Waals surface area contributed by atoms with E-state index in [1.807, 2.05) is 18.2 Å². The SMILES string of the molecule is COc1ccc(Cl)cc1CC(=O)Nc1ccc2nc(C(C)(C)C)[nH]c2c1.